The Kier molecular flexibility index (Phi) is 3.18. The predicted molar refractivity (Wildman–Crippen MR) is 88.2 cm³/mol. The third kappa shape index (κ3) is 1.99. The van der Waals surface area contributed by atoms with Crippen LogP contribution in [0.1, 0.15) is 39.2 Å². The highest BCUT2D eigenvalue weighted by atomic mass is 16.3. The molecular weight excluding hydrogens is 322 g/mol. The number of hydrogen-bond acceptors (Lipinski definition) is 6. The molecule has 1 aliphatic rings. The zero-order chi connectivity index (χ0) is 17.7. The molecule has 25 heavy (non-hydrogen) atoms. The lowest BCUT2D eigenvalue weighted by molar-refractivity contribution is 0.0594. The van der Waals surface area contributed by atoms with Gasteiger partial charge in [0.05, 0.1) is 6.04 Å². The number of phenolic OH excluding ortho intramolecular Hbond substituents is 2. The number of phenols is 2. The van der Waals surface area contributed by atoms with E-state index in [1.54, 1.807) is 31.2 Å². The van der Waals surface area contributed by atoms with E-state index in [1.165, 1.54) is 12.4 Å². The molecule has 0 aliphatic carbocycles. The molecule has 0 radical (unpaired) electrons. The number of imide groups is 1. The van der Waals surface area contributed by atoms with E-state index in [4.69, 9.17) is 0 Å². The van der Waals surface area contributed by atoms with Crippen molar-refractivity contribution < 1.29 is 19.8 Å². The molecule has 2 aromatic carbocycles. The van der Waals surface area contributed by atoms with Gasteiger partial charge in [-0.3, -0.25) is 14.5 Å². The summed E-state index contributed by atoms with van der Waals surface area (Å²) in [6.45, 7) is 1.71. The number of carbonyl (C=O) groups is 2. The van der Waals surface area contributed by atoms with Crippen LogP contribution < -0.4 is 0 Å². The number of aromatic nitrogens is 2. The van der Waals surface area contributed by atoms with E-state index in [-0.39, 0.29) is 22.2 Å². The van der Waals surface area contributed by atoms with Gasteiger partial charge in [0.25, 0.3) is 11.8 Å². The van der Waals surface area contributed by atoms with Crippen LogP contribution in [0.15, 0.2) is 42.7 Å². The van der Waals surface area contributed by atoms with Crippen LogP contribution in [0.2, 0.25) is 0 Å². The first-order valence-electron chi connectivity index (χ1n) is 7.63. The molecule has 2 heterocycles. The van der Waals surface area contributed by atoms with Crippen LogP contribution >= 0.6 is 0 Å². The molecule has 0 spiro atoms. The van der Waals surface area contributed by atoms with Crippen LogP contribution in [0.4, 0.5) is 0 Å². The summed E-state index contributed by atoms with van der Waals surface area (Å²) < 4.78 is 0. The Morgan fingerprint density at radius 2 is 1.36 bits per heavy atom. The van der Waals surface area contributed by atoms with E-state index in [2.05, 4.69) is 9.97 Å². The summed E-state index contributed by atoms with van der Waals surface area (Å²) in [7, 11) is 0. The molecule has 0 unspecified atom stereocenters. The summed E-state index contributed by atoms with van der Waals surface area (Å²) in [6, 6.07) is 8.49. The van der Waals surface area contributed by atoms with Gasteiger partial charge in [-0.15, -0.1) is 0 Å². The van der Waals surface area contributed by atoms with E-state index in [0.717, 1.165) is 10.5 Å². The van der Waals surface area contributed by atoms with Gasteiger partial charge in [0.1, 0.15) is 22.2 Å². The predicted octanol–water partition coefficient (Wildman–Crippen LogP) is 2.40. The average Bonchev–Trinajstić information content (AvgIpc) is 2.91. The highest BCUT2D eigenvalue weighted by molar-refractivity contribution is 6.26. The smallest absolute Gasteiger partial charge is 0.266 e. The van der Waals surface area contributed by atoms with Gasteiger partial charge < -0.3 is 10.2 Å². The van der Waals surface area contributed by atoms with Crippen LogP contribution in [0.5, 0.6) is 11.5 Å². The summed E-state index contributed by atoms with van der Waals surface area (Å²) in [5, 5.41) is 20.9. The lowest BCUT2D eigenvalue weighted by Crippen LogP contribution is -2.32. The maximum Gasteiger partial charge on any atom is 0.266 e. The number of fused-ring (bicyclic) bond motifs is 2. The molecule has 0 fully saturated rings. The first-order valence-corrected chi connectivity index (χ1v) is 7.63. The highest BCUT2D eigenvalue weighted by Gasteiger charge is 2.44. The maximum absolute atomic E-state index is 12.8. The number of rotatable bonds is 2. The van der Waals surface area contributed by atoms with E-state index in [1.807, 2.05) is 6.07 Å². The molecule has 7 nitrogen and oxygen atoms in total. The van der Waals surface area contributed by atoms with Crippen LogP contribution in [0.3, 0.4) is 0 Å². The monoisotopic (exact) mass is 335 g/mol. The van der Waals surface area contributed by atoms with Crippen molar-refractivity contribution in [3.8, 4) is 11.5 Å². The second-order valence-electron chi connectivity index (χ2n) is 5.77. The number of benzene rings is 2. The molecule has 7 heteroatoms. The lowest BCUT2D eigenvalue weighted by Gasteiger charge is -2.22. The number of amides is 2. The highest BCUT2D eigenvalue weighted by Crippen LogP contribution is 2.44. The molecule has 2 amide bonds. The van der Waals surface area contributed by atoms with Gasteiger partial charge in [-0.05, 0) is 12.5 Å². The van der Waals surface area contributed by atoms with Crippen molar-refractivity contribution in [3.63, 3.8) is 0 Å². The standard InChI is InChI=1S/C18H13N3O4/c1-9(10-5-3-2-4-6-10)21-17(24)11-12(18(21)25)16(23)14-13(15(11)22)19-7-8-20-14/h2-9,22-23H,1H3/t9-/m1/s1. The zero-order valence-electron chi connectivity index (χ0n) is 13.2. The van der Waals surface area contributed by atoms with Crippen LogP contribution in [0.25, 0.3) is 11.0 Å². The van der Waals surface area contributed by atoms with Crippen LogP contribution in [-0.2, 0) is 0 Å². The van der Waals surface area contributed by atoms with Crippen molar-refractivity contribution in [2.45, 2.75) is 13.0 Å². The Morgan fingerprint density at radius 1 is 0.880 bits per heavy atom. The Labute approximate surface area is 142 Å². The summed E-state index contributed by atoms with van der Waals surface area (Å²) in [4.78, 5) is 34.6. The molecule has 124 valence electrons. The molecule has 1 aliphatic heterocycles. The third-order valence-electron chi connectivity index (χ3n) is 4.41. The van der Waals surface area contributed by atoms with Crippen molar-refractivity contribution in [2.75, 3.05) is 0 Å². The van der Waals surface area contributed by atoms with Crippen molar-refractivity contribution >= 4 is 22.8 Å². The SMILES string of the molecule is C[C@H](c1ccccc1)N1C(=O)c2c(c(O)c3nccnc3c2O)C1=O. The van der Waals surface area contributed by atoms with Crippen LogP contribution in [0, 0.1) is 0 Å². The zero-order valence-corrected chi connectivity index (χ0v) is 13.2. The van der Waals surface area contributed by atoms with Gasteiger partial charge in [-0.1, -0.05) is 30.3 Å². The van der Waals surface area contributed by atoms with E-state index < -0.39 is 29.4 Å². The Morgan fingerprint density at radius 3 is 1.84 bits per heavy atom. The van der Waals surface area contributed by atoms with Gasteiger partial charge >= 0.3 is 0 Å². The Balaban J connectivity index is 1.92. The molecule has 3 aromatic rings. The van der Waals surface area contributed by atoms with Crippen molar-refractivity contribution in [3.05, 3.63) is 59.4 Å². The molecule has 0 bridgehead atoms. The molecule has 0 saturated heterocycles. The number of carbonyl (C=O) groups excluding carboxylic acids is 2. The summed E-state index contributed by atoms with van der Waals surface area (Å²) >= 11 is 0. The van der Waals surface area contributed by atoms with Crippen molar-refractivity contribution in [2.24, 2.45) is 0 Å². The molecular formula is C18H13N3O4. The fourth-order valence-electron chi connectivity index (χ4n) is 3.14. The minimum absolute atomic E-state index is 0.0193. The van der Waals surface area contributed by atoms with E-state index >= 15 is 0 Å². The average molecular weight is 335 g/mol. The second-order valence-corrected chi connectivity index (χ2v) is 5.77. The third-order valence-corrected chi connectivity index (χ3v) is 4.41. The minimum atomic E-state index is -0.670. The minimum Gasteiger partial charge on any atom is -0.505 e. The molecule has 1 aromatic heterocycles. The lowest BCUT2D eigenvalue weighted by atomic mass is 10.1. The van der Waals surface area contributed by atoms with Gasteiger partial charge in [0.2, 0.25) is 0 Å². The quantitative estimate of drug-likeness (QED) is 0.550. The van der Waals surface area contributed by atoms with Gasteiger partial charge in [-0.2, -0.15) is 0 Å². The Bertz CT molecular complexity index is 973. The topological polar surface area (TPSA) is 104 Å². The van der Waals surface area contributed by atoms with Crippen molar-refractivity contribution in [1.82, 2.24) is 14.9 Å². The largest absolute Gasteiger partial charge is 0.505 e. The van der Waals surface area contributed by atoms with E-state index in [9.17, 15) is 19.8 Å². The van der Waals surface area contributed by atoms with Gasteiger partial charge in [-0.25, -0.2) is 9.97 Å². The van der Waals surface area contributed by atoms with Crippen LogP contribution in [-0.4, -0.2) is 36.9 Å². The number of aromatic hydroxyl groups is 2. The normalized spacial score (nSPS) is 14.8. The Hall–Kier alpha value is -3.48. The first kappa shape index (κ1) is 15.1. The fraction of sp³-hybridized carbons (Fsp3) is 0.111. The molecule has 4 rings (SSSR count). The van der Waals surface area contributed by atoms with E-state index in [0.29, 0.717) is 0 Å². The molecule has 2 N–H and O–H groups in total. The summed E-state index contributed by atoms with van der Waals surface area (Å²) in [6.07, 6.45) is 2.67. The maximum atomic E-state index is 12.8. The number of nitrogens with zero attached hydrogens (tertiary/aromatic N) is 3. The summed E-state index contributed by atoms with van der Waals surface area (Å²) in [5.74, 6) is -2.23. The summed E-state index contributed by atoms with van der Waals surface area (Å²) in [5.41, 5.74) is 0.247. The fourth-order valence-corrected chi connectivity index (χ4v) is 3.14. The van der Waals surface area contributed by atoms with Gasteiger partial charge in [0.15, 0.2) is 11.5 Å². The van der Waals surface area contributed by atoms with Crippen molar-refractivity contribution in [1.29, 1.82) is 0 Å². The number of hydrogen-bond donors (Lipinski definition) is 2. The molecule has 0 saturated carbocycles. The molecule has 1 atom stereocenters. The van der Waals surface area contributed by atoms with Gasteiger partial charge in [0, 0.05) is 12.4 Å². The second kappa shape index (κ2) is 5.27. The first-order chi connectivity index (χ1) is 12.0.